The number of fused-ring (bicyclic) bond motifs is 1. The van der Waals surface area contributed by atoms with Crippen molar-refractivity contribution in [2.24, 2.45) is 0 Å². The molecule has 0 saturated heterocycles. The van der Waals surface area contributed by atoms with E-state index in [-0.39, 0.29) is 12.1 Å². The topological polar surface area (TPSA) is 53.3 Å². The molecule has 160 valence electrons. The van der Waals surface area contributed by atoms with Gasteiger partial charge in [0.05, 0.1) is 29.3 Å². The summed E-state index contributed by atoms with van der Waals surface area (Å²) in [6, 6.07) is 14.2. The number of esters is 1. The summed E-state index contributed by atoms with van der Waals surface area (Å²) in [5.74, 6) is 0.532. The molecule has 3 aromatic rings. The van der Waals surface area contributed by atoms with Crippen LogP contribution in [0.25, 0.3) is 11.0 Å². The third-order valence-corrected chi connectivity index (χ3v) is 5.74. The molecule has 6 heteroatoms. The van der Waals surface area contributed by atoms with E-state index in [1.807, 2.05) is 39.0 Å². The fourth-order valence-electron chi connectivity index (χ4n) is 3.15. The van der Waals surface area contributed by atoms with Crippen LogP contribution in [0.3, 0.4) is 0 Å². The number of carbonyl (C=O) groups is 1. The largest absolute Gasteiger partial charge is 0.462 e. The molecule has 1 heterocycles. The number of hydrogen-bond donors (Lipinski definition) is 0. The lowest BCUT2D eigenvalue weighted by Gasteiger charge is -2.11. The van der Waals surface area contributed by atoms with Crippen molar-refractivity contribution in [3.63, 3.8) is 0 Å². The quantitative estimate of drug-likeness (QED) is 0.239. The summed E-state index contributed by atoms with van der Waals surface area (Å²) in [7, 11) is 0. The first-order chi connectivity index (χ1) is 14.5. The number of aryl methyl sites for hydroxylation is 2. The van der Waals surface area contributed by atoms with Crippen LogP contribution in [-0.2, 0) is 21.8 Å². The van der Waals surface area contributed by atoms with Crippen LogP contribution in [0.15, 0.2) is 47.6 Å². The highest BCUT2D eigenvalue weighted by Crippen LogP contribution is 2.28. The van der Waals surface area contributed by atoms with Crippen molar-refractivity contribution >= 4 is 28.8 Å². The van der Waals surface area contributed by atoms with Crippen molar-refractivity contribution in [2.45, 2.75) is 57.7 Å². The van der Waals surface area contributed by atoms with Crippen LogP contribution in [0, 0.1) is 6.92 Å². The summed E-state index contributed by atoms with van der Waals surface area (Å²) in [6.45, 7) is 9.89. The minimum absolute atomic E-state index is 0.229. The smallest absolute Gasteiger partial charge is 0.338 e. The van der Waals surface area contributed by atoms with E-state index in [4.69, 9.17) is 14.5 Å². The Bertz CT molecular complexity index is 980. The van der Waals surface area contributed by atoms with Crippen molar-refractivity contribution in [1.82, 2.24) is 9.55 Å². The predicted molar refractivity (Wildman–Crippen MR) is 122 cm³/mol. The number of rotatable bonds is 10. The molecule has 0 bridgehead atoms. The van der Waals surface area contributed by atoms with Gasteiger partial charge in [-0.25, -0.2) is 9.78 Å². The van der Waals surface area contributed by atoms with Crippen molar-refractivity contribution in [3.05, 3.63) is 59.2 Å². The Balaban J connectivity index is 1.84. The Morgan fingerprint density at radius 2 is 1.93 bits per heavy atom. The van der Waals surface area contributed by atoms with E-state index in [9.17, 15) is 4.79 Å². The van der Waals surface area contributed by atoms with Crippen LogP contribution in [0.1, 0.15) is 48.7 Å². The van der Waals surface area contributed by atoms with Crippen LogP contribution in [-0.4, -0.2) is 34.8 Å². The molecular formula is C24H30N2O3S. The molecule has 0 aliphatic rings. The molecule has 0 aliphatic heterocycles. The van der Waals surface area contributed by atoms with Crippen LogP contribution in [0.4, 0.5) is 0 Å². The Morgan fingerprint density at radius 1 is 1.17 bits per heavy atom. The zero-order valence-corrected chi connectivity index (χ0v) is 19.0. The van der Waals surface area contributed by atoms with Crippen molar-refractivity contribution in [1.29, 1.82) is 0 Å². The summed E-state index contributed by atoms with van der Waals surface area (Å²) in [5, 5.41) is 0.955. The van der Waals surface area contributed by atoms with Crippen molar-refractivity contribution in [2.75, 3.05) is 13.2 Å². The Morgan fingerprint density at radius 3 is 2.63 bits per heavy atom. The molecule has 3 rings (SSSR count). The molecular weight excluding hydrogens is 396 g/mol. The van der Waals surface area contributed by atoms with Gasteiger partial charge in [0, 0.05) is 18.9 Å². The fraction of sp³-hybridized carbons (Fsp3) is 0.417. The molecule has 0 radical (unpaired) electrons. The third-order valence-electron chi connectivity index (χ3n) is 4.69. The maximum Gasteiger partial charge on any atom is 0.338 e. The van der Waals surface area contributed by atoms with E-state index in [1.165, 1.54) is 11.1 Å². The predicted octanol–water partition coefficient (Wildman–Crippen LogP) is 5.63. The van der Waals surface area contributed by atoms with E-state index < -0.39 is 0 Å². The lowest BCUT2D eigenvalue weighted by molar-refractivity contribution is 0.0526. The molecule has 0 N–H and O–H groups in total. The number of hydrogen-bond acceptors (Lipinski definition) is 5. The maximum atomic E-state index is 12.1. The zero-order valence-electron chi connectivity index (χ0n) is 18.2. The first kappa shape index (κ1) is 22.4. The van der Waals surface area contributed by atoms with Gasteiger partial charge in [-0.2, -0.15) is 0 Å². The number of thioether (sulfide) groups is 1. The van der Waals surface area contributed by atoms with Gasteiger partial charge in [-0.15, -0.1) is 0 Å². The molecule has 0 aliphatic carbocycles. The minimum Gasteiger partial charge on any atom is -0.462 e. The third kappa shape index (κ3) is 5.86. The molecule has 2 aromatic carbocycles. The van der Waals surface area contributed by atoms with E-state index in [0.29, 0.717) is 18.8 Å². The highest BCUT2D eigenvalue weighted by molar-refractivity contribution is 7.98. The second-order valence-electron chi connectivity index (χ2n) is 7.52. The zero-order chi connectivity index (χ0) is 21.5. The normalized spacial score (nSPS) is 11.4. The summed E-state index contributed by atoms with van der Waals surface area (Å²) >= 11 is 1.72. The monoisotopic (exact) mass is 426 g/mol. The van der Waals surface area contributed by atoms with Crippen molar-refractivity contribution in [3.8, 4) is 0 Å². The van der Waals surface area contributed by atoms with Crippen LogP contribution < -0.4 is 0 Å². The second-order valence-corrected chi connectivity index (χ2v) is 8.46. The Kier molecular flexibility index (Phi) is 7.94. The van der Waals surface area contributed by atoms with Gasteiger partial charge < -0.3 is 14.0 Å². The highest BCUT2D eigenvalue weighted by atomic mass is 32.2. The molecule has 5 nitrogen and oxygen atoms in total. The highest BCUT2D eigenvalue weighted by Gasteiger charge is 2.15. The molecule has 0 fully saturated rings. The standard InChI is InChI=1S/C24H30N2O3S/c1-5-28-23(27)20-11-12-22-21(15-20)25-24(26(22)13-6-14-29-17(2)3)30-16-19-9-7-18(4)8-10-19/h7-12,15,17H,5-6,13-14,16H2,1-4H3. The molecule has 30 heavy (non-hydrogen) atoms. The summed E-state index contributed by atoms with van der Waals surface area (Å²) < 4.78 is 13.1. The summed E-state index contributed by atoms with van der Waals surface area (Å²) in [5.41, 5.74) is 4.90. The molecule has 0 unspecified atom stereocenters. The van der Waals surface area contributed by atoms with Gasteiger partial charge in [0.1, 0.15) is 0 Å². The number of imidazole rings is 1. The fourth-order valence-corrected chi connectivity index (χ4v) is 4.15. The van der Waals surface area contributed by atoms with E-state index in [0.717, 1.165) is 34.9 Å². The van der Waals surface area contributed by atoms with Gasteiger partial charge in [0.25, 0.3) is 0 Å². The van der Waals surface area contributed by atoms with Gasteiger partial charge in [-0.3, -0.25) is 0 Å². The van der Waals surface area contributed by atoms with Gasteiger partial charge in [0.15, 0.2) is 5.16 Å². The van der Waals surface area contributed by atoms with E-state index in [1.54, 1.807) is 11.8 Å². The summed E-state index contributed by atoms with van der Waals surface area (Å²) in [6.07, 6.45) is 1.13. The van der Waals surface area contributed by atoms with Gasteiger partial charge in [0.2, 0.25) is 0 Å². The molecule has 1 aromatic heterocycles. The first-order valence-electron chi connectivity index (χ1n) is 10.4. The molecule has 0 saturated carbocycles. The van der Waals surface area contributed by atoms with Crippen LogP contribution >= 0.6 is 11.8 Å². The molecule has 0 amide bonds. The average Bonchev–Trinajstić information content (AvgIpc) is 3.07. The number of ether oxygens (including phenoxy) is 2. The van der Waals surface area contributed by atoms with Gasteiger partial charge >= 0.3 is 5.97 Å². The van der Waals surface area contributed by atoms with Gasteiger partial charge in [-0.1, -0.05) is 41.6 Å². The van der Waals surface area contributed by atoms with E-state index in [2.05, 4.69) is 35.8 Å². The van der Waals surface area contributed by atoms with Gasteiger partial charge in [-0.05, 0) is 57.9 Å². The molecule has 0 atom stereocenters. The van der Waals surface area contributed by atoms with Crippen molar-refractivity contribution < 1.29 is 14.3 Å². The van der Waals surface area contributed by atoms with Crippen LogP contribution in [0.5, 0.6) is 0 Å². The Hall–Kier alpha value is -2.31. The summed E-state index contributed by atoms with van der Waals surface area (Å²) in [4.78, 5) is 17.0. The number of benzene rings is 2. The number of carbonyl (C=O) groups excluding carboxylic acids is 1. The lowest BCUT2D eigenvalue weighted by atomic mass is 10.2. The number of aromatic nitrogens is 2. The SMILES string of the molecule is CCOC(=O)c1ccc2c(c1)nc(SCc1ccc(C)cc1)n2CCCOC(C)C. The van der Waals surface area contributed by atoms with E-state index >= 15 is 0 Å². The van der Waals surface area contributed by atoms with Crippen LogP contribution in [0.2, 0.25) is 0 Å². The lowest BCUT2D eigenvalue weighted by Crippen LogP contribution is -2.08. The average molecular weight is 427 g/mol. The molecule has 0 spiro atoms. The number of nitrogens with zero attached hydrogens (tertiary/aromatic N) is 2. The second kappa shape index (κ2) is 10.6. The first-order valence-corrected chi connectivity index (χ1v) is 11.4. The maximum absolute atomic E-state index is 12.1. The minimum atomic E-state index is -0.312. The Labute approximate surface area is 182 Å².